The van der Waals surface area contributed by atoms with Gasteiger partial charge in [0, 0.05) is 11.8 Å². The lowest BCUT2D eigenvalue weighted by molar-refractivity contribution is -0.385. The van der Waals surface area contributed by atoms with Crippen molar-refractivity contribution in [3.05, 3.63) is 70.3 Å². The molecule has 0 aliphatic rings. The molecule has 0 aliphatic carbocycles. The molecule has 128 valence electrons. The third kappa shape index (κ3) is 5.48. The quantitative estimate of drug-likeness (QED) is 0.367. The molecule has 0 unspecified atom stereocenters. The Labute approximate surface area is 153 Å². The van der Waals surface area contributed by atoms with Crippen LogP contribution in [-0.4, -0.2) is 21.1 Å². The maximum Gasteiger partial charge on any atom is 0.282 e. The number of hydrazine groups is 1. The van der Waals surface area contributed by atoms with E-state index in [0.29, 0.717) is 0 Å². The van der Waals surface area contributed by atoms with E-state index in [-0.39, 0.29) is 21.5 Å². The smallest absolute Gasteiger partial charge is 0.282 e. The van der Waals surface area contributed by atoms with Gasteiger partial charge in [0.1, 0.15) is 5.56 Å². The number of thiocarbonyl (C=S) groups is 2. The van der Waals surface area contributed by atoms with Crippen LogP contribution < -0.4 is 21.5 Å². The predicted molar refractivity (Wildman–Crippen MR) is 102 cm³/mol. The van der Waals surface area contributed by atoms with Crippen LogP contribution in [0.3, 0.4) is 0 Å². The molecule has 2 rings (SSSR count). The van der Waals surface area contributed by atoms with Gasteiger partial charge >= 0.3 is 0 Å². The van der Waals surface area contributed by atoms with E-state index in [2.05, 4.69) is 21.5 Å². The average molecular weight is 375 g/mol. The van der Waals surface area contributed by atoms with Crippen molar-refractivity contribution in [2.24, 2.45) is 0 Å². The maximum absolute atomic E-state index is 12.1. The Morgan fingerprint density at radius 1 is 0.920 bits per heavy atom. The lowest BCUT2D eigenvalue weighted by Gasteiger charge is -2.13. The van der Waals surface area contributed by atoms with Gasteiger partial charge in [-0.05, 0) is 42.6 Å². The fourth-order valence-corrected chi connectivity index (χ4v) is 2.14. The largest absolute Gasteiger partial charge is 0.331 e. The molecule has 10 heteroatoms. The molecule has 8 nitrogen and oxygen atoms in total. The van der Waals surface area contributed by atoms with Crippen LogP contribution >= 0.6 is 24.4 Å². The Hall–Kier alpha value is -3.11. The molecular weight excluding hydrogens is 362 g/mol. The zero-order valence-corrected chi connectivity index (χ0v) is 14.3. The molecular formula is C15H13N5O3S2. The van der Waals surface area contributed by atoms with Crippen molar-refractivity contribution in [2.75, 3.05) is 5.32 Å². The van der Waals surface area contributed by atoms with E-state index in [1.807, 2.05) is 30.3 Å². The number of carbonyl (C=O) groups is 1. The van der Waals surface area contributed by atoms with Gasteiger partial charge in [0.05, 0.1) is 4.92 Å². The maximum atomic E-state index is 12.1. The summed E-state index contributed by atoms with van der Waals surface area (Å²) in [5.41, 5.74) is 5.50. The summed E-state index contributed by atoms with van der Waals surface area (Å²) in [6, 6.07) is 14.8. The first kappa shape index (κ1) is 18.2. The fraction of sp³-hybridized carbons (Fsp3) is 0. The molecule has 0 fully saturated rings. The van der Waals surface area contributed by atoms with E-state index in [4.69, 9.17) is 24.4 Å². The van der Waals surface area contributed by atoms with Crippen molar-refractivity contribution >= 4 is 51.9 Å². The van der Waals surface area contributed by atoms with Crippen LogP contribution in [0, 0.1) is 10.1 Å². The predicted octanol–water partition coefficient (Wildman–Crippen LogP) is 2.10. The number of nitro groups is 1. The monoisotopic (exact) mass is 375 g/mol. The van der Waals surface area contributed by atoms with Gasteiger partial charge in [-0.25, -0.2) is 0 Å². The second kappa shape index (κ2) is 8.66. The van der Waals surface area contributed by atoms with Crippen LogP contribution in [0.2, 0.25) is 0 Å². The van der Waals surface area contributed by atoms with Gasteiger partial charge in [-0.3, -0.25) is 31.1 Å². The SMILES string of the molecule is O=C(NC(=S)NNC(=S)Nc1ccccc1)c1ccccc1[N+](=O)[O-]. The topological polar surface area (TPSA) is 108 Å². The second-order valence-electron chi connectivity index (χ2n) is 4.63. The number of hydrogen-bond donors (Lipinski definition) is 4. The molecule has 0 spiro atoms. The Morgan fingerprint density at radius 2 is 1.52 bits per heavy atom. The van der Waals surface area contributed by atoms with E-state index in [1.54, 1.807) is 0 Å². The number of amides is 1. The van der Waals surface area contributed by atoms with Crippen LogP contribution in [-0.2, 0) is 0 Å². The van der Waals surface area contributed by atoms with Crippen LogP contribution in [0.5, 0.6) is 0 Å². The first-order valence-electron chi connectivity index (χ1n) is 6.94. The number of benzene rings is 2. The lowest BCUT2D eigenvalue weighted by atomic mass is 10.1. The number of nitrogens with one attached hydrogen (secondary N) is 4. The molecule has 0 aromatic heterocycles. The summed E-state index contributed by atoms with van der Waals surface area (Å²) in [5.74, 6) is -0.700. The van der Waals surface area contributed by atoms with Gasteiger partial charge in [0.2, 0.25) is 0 Å². The summed E-state index contributed by atoms with van der Waals surface area (Å²) in [5, 5.41) is 16.3. The zero-order chi connectivity index (χ0) is 18.2. The third-order valence-electron chi connectivity index (χ3n) is 2.89. The first-order chi connectivity index (χ1) is 12.0. The summed E-state index contributed by atoms with van der Waals surface area (Å²) < 4.78 is 0. The van der Waals surface area contributed by atoms with Crippen LogP contribution in [0.15, 0.2) is 54.6 Å². The van der Waals surface area contributed by atoms with E-state index >= 15 is 0 Å². The van der Waals surface area contributed by atoms with E-state index in [9.17, 15) is 14.9 Å². The Kier molecular flexibility index (Phi) is 6.32. The number of carbonyl (C=O) groups excluding carboxylic acids is 1. The summed E-state index contributed by atoms with van der Waals surface area (Å²) >= 11 is 10.0. The van der Waals surface area contributed by atoms with Crippen molar-refractivity contribution < 1.29 is 9.72 Å². The van der Waals surface area contributed by atoms with Crippen molar-refractivity contribution in [3.63, 3.8) is 0 Å². The lowest BCUT2D eigenvalue weighted by Crippen LogP contribution is -2.49. The molecule has 25 heavy (non-hydrogen) atoms. The Bertz CT molecular complexity index is 814. The number of para-hydroxylation sites is 2. The zero-order valence-electron chi connectivity index (χ0n) is 12.7. The third-order valence-corrected chi connectivity index (χ3v) is 3.30. The minimum absolute atomic E-state index is 0.0830. The Morgan fingerprint density at radius 3 is 2.20 bits per heavy atom. The number of nitro benzene ring substituents is 1. The highest BCUT2D eigenvalue weighted by Crippen LogP contribution is 2.17. The molecule has 2 aromatic carbocycles. The molecule has 2 aromatic rings. The normalized spacial score (nSPS) is 9.60. The van der Waals surface area contributed by atoms with Gasteiger partial charge in [-0.2, -0.15) is 0 Å². The average Bonchev–Trinajstić information content (AvgIpc) is 2.60. The highest BCUT2D eigenvalue weighted by atomic mass is 32.1. The minimum Gasteiger partial charge on any atom is -0.331 e. The van der Waals surface area contributed by atoms with Crippen LogP contribution in [0.1, 0.15) is 10.4 Å². The van der Waals surface area contributed by atoms with Crippen LogP contribution in [0.4, 0.5) is 11.4 Å². The summed E-state index contributed by atoms with van der Waals surface area (Å²) in [7, 11) is 0. The van der Waals surface area contributed by atoms with Crippen LogP contribution in [0.25, 0.3) is 0 Å². The van der Waals surface area contributed by atoms with Gasteiger partial charge in [-0.15, -0.1) is 0 Å². The number of anilines is 1. The van der Waals surface area contributed by atoms with E-state index in [0.717, 1.165) is 5.69 Å². The minimum atomic E-state index is -0.700. The highest BCUT2D eigenvalue weighted by molar-refractivity contribution is 7.80. The number of hydrogen-bond acceptors (Lipinski definition) is 5. The molecule has 0 aliphatic heterocycles. The summed E-state index contributed by atoms with van der Waals surface area (Å²) in [4.78, 5) is 22.4. The summed E-state index contributed by atoms with van der Waals surface area (Å²) in [6.45, 7) is 0. The van der Waals surface area contributed by atoms with E-state index < -0.39 is 10.8 Å². The molecule has 0 atom stereocenters. The van der Waals surface area contributed by atoms with Gasteiger partial charge in [-0.1, -0.05) is 30.3 Å². The van der Waals surface area contributed by atoms with Crippen molar-refractivity contribution in [1.82, 2.24) is 16.2 Å². The second-order valence-corrected chi connectivity index (χ2v) is 5.44. The molecule has 1 amide bonds. The standard InChI is InChI=1S/C15H13N5O3S2/c21-13(11-8-4-5-9-12(11)20(22)23)17-15(25)19-18-14(24)16-10-6-2-1-3-7-10/h1-9H,(H2,16,18,24)(H2,17,19,21,25). The molecule has 4 N–H and O–H groups in total. The van der Waals surface area contributed by atoms with Crippen molar-refractivity contribution in [3.8, 4) is 0 Å². The van der Waals surface area contributed by atoms with E-state index in [1.165, 1.54) is 24.3 Å². The first-order valence-corrected chi connectivity index (χ1v) is 7.76. The number of nitrogens with zero attached hydrogens (tertiary/aromatic N) is 1. The molecule has 0 radical (unpaired) electrons. The summed E-state index contributed by atoms with van der Waals surface area (Å²) in [6.07, 6.45) is 0. The van der Waals surface area contributed by atoms with Gasteiger partial charge < -0.3 is 5.32 Å². The highest BCUT2D eigenvalue weighted by Gasteiger charge is 2.19. The Balaban J connectivity index is 1.87. The van der Waals surface area contributed by atoms with Crippen molar-refractivity contribution in [1.29, 1.82) is 0 Å². The fourth-order valence-electron chi connectivity index (χ4n) is 1.82. The number of rotatable bonds is 3. The van der Waals surface area contributed by atoms with Gasteiger partial charge in [0.15, 0.2) is 10.2 Å². The molecule has 0 saturated heterocycles. The molecule has 0 saturated carbocycles. The molecule has 0 bridgehead atoms. The van der Waals surface area contributed by atoms with Gasteiger partial charge in [0.25, 0.3) is 11.6 Å². The molecule has 0 heterocycles. The van der Waals surface area contributed by atoms with Crippen molar-refractivity contribution in [2.45, 2.75) is 0 Å².